The lowest BCUT2D eigenvalue weighted by Crippen LogP contribution is -2.29. The average molecular weight is 417 g/mol. The fraction of sp³-hybridized carbons (Fsp3) is 0.786. The summed E-state index contributed by atoms with van der Waals surface area (Å²) < 4.78 is 27.3. The zero-order chi connectivity index (χ0) is 20.9. The standard InChI is InChI=1S/C28H42F2/c1-20-5-10-22(11-6-20)24-14-16-25(17-15-24)23-12-7-21(8-13-23)9-18-27-26(19-29)3-2-4-28(27)30/h2-4,20-25H,5-19H2,1H3/t20-,21-,22-,23-,24-,25-. The molecule has 3 aliphatic carbocycles. The molecule has 0 spiro atoms. The van der Waals surface area contributed by atoms with Gasteiger partial charge >= 0.3 is 0 Å². The van der Waals surface area contributed by atoms with Crippen molar-refractivity contribution in [2.75, 3.05) is 0 Å². The minimum absolute atomic E-state index is 0.219. The maximum atomic E-state index is 14.1. The highest BCUT2D eigenvalue weighted by atomic mass is 19.1. The van der Waals surface area contributed by atoms with Gasteiger partial charge in [-0.15, -0.1) is 0 Å². The number of alkyl halides is 1. The predicted octanol–water partition coefficient (Wildman–Crippen LogP) is 8.67. The fourth-order valence-electron chi connectivity index (χ4n) is 7.15. The highest BCUT2D eigenvalue weighted by Gasteiger charge is 2.34. The molecule has 0 N–H and O–H groups in total. The topological polar surface area (TPSA) is 0 Å². The first-order chi connectivity index (χ1) is 14.6. The summed E-state index contributed by atoms with van der Waals surface area (Å²) in [7, 11) is 0. The molecule has 0 aromatic heterocycles. The molecular formula is C28H42F2. The summed E-state index contributed by atoms with van der Waals surface area (Å²) in [5.41, 5.74) is 1.17. The van der Waals surface area contributed by atoms with Crippen LogP contribution in [0.25, 0.3) is 0 Å². The summed E-state index contributed by atoms with van der Waals surface area (Å²) in [5, 5.41) is 0. The SMILES string of the molecule is C[C@H]1CC[C@H]([C@H]2CC[C@H]([C@H]3CC[C@H](CCc4c(F)cccc4CF)CC3)CC2)CC1. The van der Waals surface area contributed by atoms with E-state index in [2.05, 4.69) is 6.92 Å². The summed E-state index contributed by atoms with van der Waals surface area (Å²) in [6, 6.07) is 4.84. The summed E-state index contributed by atoms with van der Waals surface area (Å²) in [6.45, 7) is 1.88. The number of halogens is 2. The number of hydrogen-bond donors (Lipinski definition) is 0. The normalized spacial score (nSPS) is 35.3. The van der Waals surface area contributed by atoms with E-state index in [9.17, 15) is 8.78 Å². The molecule has 0 nitrogen and oxygen atoms in total. The van der Waals surface area contributed by atoms with Crippen molar-refractivity contribution in [1.29, 1.82) is 0 Å². The highest BCUT2D eigenvalue weighted by Crippen LogP contribution is 2.46. The van der Waals surface area contributed by atoms with E-state index in [0.29, 0.717) is 23.5 Å². The van der Waals surface area contributed by atoms with Crippen LogP contribution in [-0.2, 0) is 13.1 Å². The van der Waals surface area contributed by atoms with E-state index in [0.717, 1.165) is 36.0 Å². The van der Waals surface area contributed by atoms with Gasteiger partial charge in [-0.05, 0) is 117 Å². The number of benzene rings is 1. The predicted molar refractivity (Wildman–Crippen MR) is 122 cm³/mol. The molecule has 0 amide bonds. The van der Waals surface area contributed by atoms with Gasteiger partial charge in [-0.1, -0.05) is 44.7 Å². The molecule has 0 bridgehead atoms. The van der Waals surface area contributed by atoms with E-state index < -0.39 is 6.67 Å². The van der Waals surface area contributed by atoms with Crippen molar-refractivity contribution in [3.63, 3.8) is 0 Å². The van der Waals surface area contributed by atoms with Gasteiger partial charge in [0, 0.05) is 0 Å². The van der Waals surface area contributed by atoms with Crippen molar-refractivity contribution in [1.82, 2.24) is 0 Å². The van der Waals surface area contributed by atoms with E-state index in [1.807, 2.05) is 0 Å². The van der Waals surface area contributed by atoms with Gasteiger partial charge in [0.25, 0.3) is 0 Å². The summed E-state index contributed by atoms with van der Waals surface area (Å²) in [6.07, 6.45) is 18.9. The Morgan fingerprint density at radius 2 is 1.23 bits per heavy atom. The summed E-state index contributed by atoms with van der Waals surface area (Å²) in [5.74, 6) is 5.41. The summed E-state index contributed by atoms with van der Waals surface area (Å²) in [4.78, 5) is 0. The quantitative estimate of drug-likeness (QED) is 0.435. The molecule has 0 radical (unpaired) electrons. The molecule has 4 rings (SSSR count). The Labute approximate surface area is 183 Å². The largest absolute Gasteiger partial charge is 0.246 e. The monoisotopic (exact) mass is 416 g/mol. The van der Waals surface area contributed by atoms with Crippen LogP contribution in [-0.4, -0.2) is 0 Å². The third kappa shape index (κ3) is 5.46. The van der Waals surface area contributed by atoms with Gasteiger partial charge in [-0.25, -0.2) is 8.78 Å². The van der Waals surface area contributed by atoms with E-state index in [1.54, 1.807) is 12.1 Å². The fourth-order valence-corrected chi connectivity index (χ4v) is 7.15. The molecule has 3 aliphatic rings. The Morgan fingerprint density at radius 3 is 1.77 bits per heavy atom. The van der Waals surface area contributed by atoms with Crippen molar-refractivity contribution in [3.8, 4) is 0 Å². The number of rotatable bonds is 6. The third-order valence-corrected chi connectivity index (χ3v) is 9.26. The molecule has 1 aromatic carbocycles. The summed E-state index contributed by atoms with van der Waals surface area (Å²) >= 11 is 0. The zero-order valence-corrected chi connectivity index (χ0v) is 19.1. The first kappa shape index (κ1) is 22.3. The lowest BCUT2D eigenvalue weighted by molar-refractivity contribution is 0.105. The van der Waals surface area contributed by atoms with Gasteiger partial charge < -0.3 is 0 Å². The van der Waals surface area contributed by atoms with Crippen LogP contribution in [0.2, 0.25) is 0 Å². The molecule has 0 aliphatic heterocycles. The lowest BCUT2D eigenvalue weighted by atomic mass is 9.65. The molecule has 3 fully saturated rings. The Kier molecular flexibility index (Phi) is 7.87. The van der Waals surface area contributed by atoms with Crippen LogP contribution in [0.5, 0.6) is 0 Å². The first-order valence-corrected chi connectivity index (χ1v) is 13.0. The zero-order valence-electron chi connectivity index (χ0n) is 19.1. The van der Waals surface area contributed by atoms with Gasteiger partial charge in [0.1, 0.15) is 12.5 Å². The Balaban J connectivity index is 1.18. The van der Waals surface area contributed by atoms with Crippen LogP contribution in [0.1, 0.15) is 102 Å². The number of hydrogen-bond acceptors (Lipinski definition) is 0. The smallest absolute Gasteiger partial charge is 0.126 e. The molecule has 1 aromatic rings. The van der Waals surface area contributed by atoms with Crippen molar-refractivity contribution in [3.05, 3.63) is 35.1 Å². The minimum atomic E-state index is -0.553. The van der Waals surface area contributed by atoms with E-state index >= 15 is 0 Å². The second-order valence-electron chi connectivity index (χ2n) is 11.0. The maximum absolute atomic E-state index is 14.1. The molecule has 30 heavy (non-hydrogen) atoms. The second kappa shape index (κ2) is 10.6. The average Bonchev–Trinajstić information content (AvgIpc) is 2.79. The molecule has 3 saturated carbocycles. The minimum Gasteiger partial charge on any atom is -0.246 e. The molecule has 0 heterocycles. The lowest BCUT2D eigenvalue weighted by Gasteiger charge is -2.41. The van der Waals surface area contributed by atoms with Crippen LogP contribution in [0.15, 0.2) is 18.2 Å². The Bertz CT molecular complexity index is 645. The van der Waals surface area contributed by atoms with Gasteiger partial charge in [-0.3, -0.25) is 0 Å². The van der Waals surface area contributed by atoms with Gasteiger partial charge in [0.2, 0.25) is 0 Å². The van der Waals surface area contributed by atoms with Gasteiger partial charge in [0.05, 0.1) is 0 Å². The maximum Gasteiger partial charge on any atom is 0.126 e. The molecule has 2 heteroatoms. The van der Waals surface area contributed by atoms with Crippen molar-refractivity contribution < 1.29 is 8.78 Å². The highest BCUT2D eigenvalue weighted by molar-refractivity contribution is 5.28. The van der Waals surface area contributed by atoms with Crippen LogP contribution < -0.4 is 0 Å². The van der Waals surface area contributed by atoms with E-state index in [-0.39, 0.29) is 5.82 Å². The van der Waals surface area contributed by atoms with Crippen molar-refractivity contribution in [2.45, 2.75) is 103 Å². The van der Waals surface area contributed by atoms with Crippen LogP contribution in [0, 0.1) is 41.3 Å². The van der Waals surface area contributed by atoms with E-state index in [1.165, 1.54) is 83.1 Å². The first-order valence-electron chi connectivity index (χ1n) is 13.0. The Hall–Kier alpha value is -0.920. The molecule has 0 unspecified atom stereocenters. The second-order valence-corrected chi connectivity index (χ2v) is 11.0. The van der Waals surface area contributed by atoms with Gasteiger partial charge in [-0.2, -0.15) is 0 Å². The molecule has 168 valence electrons. The van der Waals surface area contributed by atoms with Crippen molar-refractivity contribution in [2.24, 2.45) is 35.5 Å². The third-order valence-electron chi connectivity index (χ3n) is 9.26. The molecule has 0 atom stereocenters. The van der Waals surface area contributed by atoms with Crippen LogP contribution >= 0.6 is 0 Å². The molecular weight excluding hydrogens is 374 g/mol. The van der Waals surface area contributed by atoms with Crippen LogP contribution in [0.4, 0.5) is 8.78 Å². The van der Waals surface area contributed by atoms with Gasteiger partial charge in [0.15, 0.2) is 0 Å². The van der Waals surface area contributed by atoms with Crippen molar-refractivity contribution >= 4 is 0 Å². The Morgan fingerprint density at radius 1 is 0.733 bits per heavy atom. The molecule has 0 saturated heterocycles. The van der Waals surface area contributed by atoms with Crippen LogP contribution in [0.3, 0.4) is 0 Å². The van der Waals surface area contributed by atoms with E-state index in [4.69, 9.17) is 0 Å².